The average molecular weight is 458 g/mol. The molecule has 0 bridgehead atoms. The molecule has 8 heteroatoms. The highest BCUT2D eigenvalue weighted by atomic mass is 32.2. The summed E-state index contributed by atoms with van der Waals surface area (Å²) in [5.41, 5.74) is 3.04. The van der Waals surface area contributed by atoms with E-state index in [0.29, 0.717) is 37.5 Å². The van der Waals surface area contributed by atoms with Crippen LogP contribution in [0.4, 0.5) is 0 Å². The number of benzene rings is 2. The Hall–Kier alpha value is -2.29. The number of amides is 1. The monoisotopic (exact) mass is 457 g/mol. The number of sulfonamides is 1. The van der Waals surface area contributed by atoms with Gasteiger partial charge in [-0.15, -0.1) is 11.3 Å². The summed E-state index contributed by atoms with van der Waals surface area (Å²) in [7, 11) is -3.53. The zero-order chi connectivity index (χ0) is 22.0. The van der Waals surface area contributed by atoms with Crippen molar-refractivity contribution in [1.29, 1.82) is 0 Å². The summed E-state index contributed by atoms with van der Waals surface area (Å²) < 4.78 is 28.6. The van der Waals surface area contributed by atoms with Crippen molar-refractivity contribution in [3.05, 3.63) is 58.6 Å². The largest absolute Gasteiger partial charge is 0.340 e. The van der Waals surface area contributed by atoms with E-state index in [0.717, 1.165) is 34.5 Å². The number of nitrogens with zero attached hydrogens (tertiary/aromatic N) is 3. The number of aromatic nitrogens is 1. The van der Waals surface area contributed by atoms with Crippen LogP contribution in [0.25, 0.3) is 10.2 Å². The Bertz CT molecular complexity index is 1160. The normalized spacial score (nSPS) is 15.5. The zero-order valence-corrected chi connectivity index (χ0v) is 19.5. The molecule has 1 aliphatic rings. The molecule has 2 aromatic carbocycles. The number of rotatable bonds is 6. The second-order valence-corrected chi connectivity index (χ2v) is 11.0. The van der Waals surface area contributed by atoms with Crippen molar-refractivity contribution in [3.8, 4) is 0 Å². The molecule has 0 aliphatic carbocycles. The molecule has 1 amide bonds. The molecule has 1 fully saturated rings. The van der Waals surface area contributed by atoms with Crippen LogP contribution in [-0.2, 0) is 21.2 Å². The number of aryl methyl sites for hydroxylation is 3. The van der Waals surface area contributed by atoms with Gasteiger partial charge in [-0.3, -0.25) is 4.79 Å². The van der Waals surface area contributed by atoms with Gasteiger partial charge in [-0.05, 0) is 62.1 Å². The van der Waals surface area contributed by atoms with Gasteiger partial charge in [-0.1, -0.05) is 18.2 Å². The van der Waals surface area contributed by atoms with Crippen molar-refractivity contribution in [1.82, 2.24) is 14.2 Å². The number of piperazine rings is 1. The van der Waals surface area contributed by atoms with E-state index in [1.54, 1.807) is 28.4 Å². The van der Waals surface area contributed by atoms with Gasteiger partial charge in [0.2, 0.25) is 15.9 Å². The molecule has 0 spiro atoms. The Morgan fingerprint density at radius 3 is 2.48 bits per heavy atom. The van der Waals surface area contributed by atoms with Crippen molar-refractivity contribution in [2.24, 2.45) is 0 Å². The Morgan fingerprint density at radius 2 is 1.77 bits per heavy atom. The van der Waals surface area contributed by atoms with E-state index >= 15 is 0 Å². The smallest absolute Gasteiger partial charge is 0.243 e. The fourth-order valence-electron chi connectivity index (χ4n) is 3.78. The van der Waals surface area contributed by atoms with Crippen LogP contribution in [0, 0.1) is 13.8 Å². The average Bonchev–Trinajstić information content (AvgIpc) is 3.18. The van der Waals surface area contributed by atoms with Gasteiger partial charge in [-0.2, -0.15) is 4.31 Å². The van der Waals surface area contributed by atoms with E-state index in [4.69, 9.17) is 0 Å². The Morgan fingerprint density at radius 1 is 1.03 bits per heavy atom. The lowest BCUT2D eigenvalue weighted by atomic mass is 10.1. The van der Waals surface area contributed by atoms with Gasteiger partial charge in [-0.25, -0.2) is 13.4 Å². The quantitative estimate of drug-likeness (QED) is 0.565. The van der Waals surface area contributed by atoms with Crippen LogP contribution < -0.4 is 0 Å². The highest BCUT2D eigenvalue weighted by Gasteiger charge is 2.30. The maximum Gasteiger partial charge on any atom is 0.243 e. The topological polar surface area (TPSA) is 70.6 Å². The van der Waals surface area contributed by atoms with Crippen molar-refractivity contribution in [2.45, 2.75) is 38.0 Å². The lowest BCUT2D eigenvalue weighted by Crippen LogP contribution is -2.50. The first-order valence-electron chi connectivity index (χ1n) is 10.5. The summed E-state index contributed by atoms with van der Waals surface area (Å²) in [6.07, 6.45) is 1.99. The second-order valence-electron chi connectivity index (χ2n) is 7.96. The van der Waals surface area contributed by atoms with Gasteiger partial charge < -0.3 is 4.90 Å². The van der Waals surface area contributed by atoms with Crippen LogP contribution >= 0.6 is 11.3 Å². The fraction of sp³-hybridized carbons (Fsp3) is 0.391. The summed E-state index contributed by atoms with van der Waals surface area (Å²) in [6.45, 7) is 5.41. The first kappa shape index (κ1) is 21.9. The molecule has 0 N–H and O–H groups in total. The summed E-state index contributed by atoms with van der Waals surface area (Å²) in [5.74, 6) is 0.0874. The van der Waals surface area contributed by atoms with Crippen LogP contribution in [0.15, 0.2) is 47.4 Å². The van der Waals surface area contributed by atoms with E-state index in [2.05, 4.69) is 11.1 Å². The number of hydrogen-bond donors (Lipinski definition) is 0. The molecule has 0 unspecified atom stereocenters. The SMILES string of the molecule is Cc1ccc(S(=O)(=O)N2CCN(C(=O)CCCc3nc4ccccc4s3)CC2)cc1C. The molecule has 1 aliphatic heterocycles. The standard InChI is InChI=1S/C23H27N3O3S2/c1-17-10-11-19(16-18(17)2)31(28,29)26-14-12-25(13-15-26)23(27)9-5-8-22-24-20-6-3-4-7-21(20)30-22/h3-4,6-7,10-11,16H,5,8-9,12-15H2,1-2H3. The minimum atomic E-state index is -3.53. The predicted octanol–water partition coefficient (Wildman–Crippen LogP) is 3.77. The second kappa shape index (κ2) is 9.06. The van der Waals surface area contributed by atoms with Gasteiger partial charge >= 0.3 is 0 Å². The van der Waals surface area contributed by atoms with E-state index in [9.17, 15) is 13.2 Å². The lowest BCUT2D eigenvalue weighted by molar-refractivity contribution is -0.132. The number of thiazole rings is 1. The minimum absolute atomic E-state index is 0.0874. The van der Waals surface area contributed by atoms with Gasteiger partial charge in [0.1, 0.15) is 0 Å². The number of hydrogen-bond acceptors (Lipinski definition) is 5. The molecule has 164 valence electrons. The van der Waals surface area contributed by atoms with Crippen LogP contribution in [-0.4, -0.2) is 54.7 Å². The highest BCUT2D eigenvalue weighted by molar-refractivity contribution is 7.89. The zero-order valence-electron chi connectivity index (χ0n) is 17.9. The third kappa shape index (κ3) is 4.81. The molecule has 2 heterocycles. The van der Waals surface area contributed by atoms with Gasteiger partial charge in [0, 0.05) is 32.6 Å². The van der Waals surface area contributed by atoms with E-state index in [1.165, 1.54) is 9.01 Å². The maximum atomic E-state index is 12.9. The fourth-order valence-corrected chi connectivity index (χ4v) is 6.29. The molecule has 31 heavy (non-hydrogen) atoms. The molecular weight excluding hydrogens is 430 g/mol. The van der Waals surface area contributed by atoms with Crippen molar-refractivity contribution >= 4 is 37.5 Å². The van der Waals surface area contributed by atoms with Gasteiger partial charge in [0.05, 0.1) is 20.1 Å². The van der Waals surface area contributed by atoms with Crippen LogP contribution in [0.5, 0.6) is 0 Å². The number of carbonyl (C=O) groups is 1. The first-order valence-corrected chi connectivity index (χ1v) is 12.8. The van der Waals surface area contributed by atoms with Crippen molar-refractivity contribution in [3.63, 3.8) is 0 Å². The van der Waals surface area contributed by atoms with E-state index in [1.807, 2.05) is 38.1 Å². The van der Waals surface area contributed by atoms with Crippen molar-refractivity contribution in [2.75, 3.05) is 26.2 Å². The third-order valence-corrected chi connectivity index (χ3v) is 8.82. The van der Waals surface area contributed by atoms with Crippen molar-refractivity contribution < 1.29 is 13.2 Å². The van der Waals surface area contributed by atoms with E-state index < -0.39 is 10.0 Å². The lowest BCUT2D eigenvalue weighted by Gasteiger charge is -2.34. The summed E-state index contributed by atoms with van der Waals surface area (Å²) in [5, 5.41) is 1.05. The minimum Gasteiger partial charge on any atom is -0.340 e. The molecule has 0 radical (unpaired) electrons. The van der Waals surface area contributed by atoms with Crippen LogP contribution in [0.1, 0.15) is 29.0 Å². The Labute approximate surface area is 187 Å². The van der Waals surface area contributed by atoms with Gasteiger partial charge in [0.15, 0.2) is 0 Å². The molecule has 0 saturated carbocycles. The predicted molar refractivity (Wildman–Crippen MR) is 124 cm³/mol. The van der Waals surface area contributed by atoms with E-state index in [-0.39, 0.29) is 5.91 Å². The Balaban J connectivity index is 1.28. The van der Waals surface area contributed by atoms with Gasteiger partial charge in [0.25, 0.3) is 0 Å². The Kier molecular flexibility index (Phi) is 6.41. The molecular formula is C23H27N3O3S2. The maximum absolute atomic E-state index is 12.9. The molecule has 1 saturated heterocycles. The molecule has 0 atom stereocenters. The summed E-state index contributed by atoms with van der Waals surface area (Å²) in [6, 6.07) is 13.3. The van der Waals surface area contributed by atoms with Crippen LogP contribution in [0.2, 0.25) is 0 Å². The number of fused-ring (bicyclic) bond motifs is 1. The molecule has 6 nitrogen and oxygen atoms in total. The number of para-hydroxylation sites is 1. The van der Waals surface area contributed by atoms with Crippen LogP contribution in [0.3, 0.4) is 0 Å². The number of carbonyl (C=O) groups excluding carboxylic acids is 1. The molecule has 4 rings (SSSR count). The summed E-state index contributed by atoms with van der Waals surface area (Å²) in [4.78, 5) is 19.3. The molecule has 1 aromatic heterocycles. The highest BCUT2D eigenvalue weighted by Crippen LogP contribution is 2.23. The summed E-state index contributed by atoms with van der Waals surface area (Å²) >= 11 is 1.68. The third-order valence-electron chi connectivity index (χ3n) is 5.83. The molecule has 3 aromatic rings. The first-order chi connectivity index (χ1) is 14.8.